The lowest BCUT2D eigenvalue weighted by Gasteiger charge is -2.33. The standard InChI is InChI=1S/C10H17NO/c1-9(2)7-4-5-10(9,3)8(6-7)11-12/h7,12H,4-6H2,1-3H3/b11-8+. The van der Waals surface area contributed by atoms with E-state index in [9.17, 15) is 0 Å². The molecule has 2 fully saturated rings. The lowest BCUT2D eigenvalue weighted by atomic mass is 9.70. The summed E-state index contributed by atoms with van der Waals surface area (Å²) in [5, 5.41) is 12.3. The first-order valence-electron chi connectivity index (χ1n) is 4.74. The second-order valence-electron chi connectivity index (χ2n) is 5.04. The Bertz CT molecular complexity index is 244. The molecule has 2 aliphatic rings. The van der Waals surface area contributed by atoms with Crippen molar-refractivity contribution in [2.75, 3.05) is 0 Å². The molecule has 0 aromatic heterocycles. The molecule has 0 aromatic rings. The van der Waals surface area contributed by atoms with Crippen LogP contribution in [-0.2, 0) is 0 Å². The van der Waals surface area contributed by atoms with Crippen LogP contribution in [0.2, 0.25) is 0 Å². The molecule has 2 aliphatic carbocycles. The molecule has 2 saturated carbocycles. The Balaban J connectivity index is 2.46. The molecule has 0 aliphatic heterocycles. The van der Waals surface area contributed by atoms with Gasteiger partial charge in [0, 0.05) is 5.41 Å². The third kappa shape index (κ3) is 0.644. The predicted octanol–water partition coefficient (Wildman–Crippen LogP) is 2.66. The van der Waals surface area contributed by atoms with E-state index in [0.717, 1.165) is 18.1 Å². The van der Waals surface area contributed by atoms with Gasteiger partial charge in [-0.3, -0.25) is 0 Å². The van der Waals surface area contributed by atoms with E-state index >= 15 is 0 Å². The molecule has 2 bridgehead atoms. The molecule has 0 aromatic carbocycles. The molecule has 0 spiro atoms. The highest BCUT2D eigenvalue weighted by Gasteiger charge is 2.60. The first kappa shape index (κ1) is 8.09. The Kier molecular flexibility index (Phi) is 1.37. The van der Waals surface area contributed by atoms with Gasteiger partial charge in [-0.2, -0.15) is 0 Å². The summed E-state index contributed by atoms with van der Waals surface area (Å²) in [5.74, 6) is 0.744. The highest BCUT2D eigenvalue weighted by Crippen LogP contribution is 2.63. The summed E-state index contributed by atoms with van der Waals surface area (Å²) < 4.78 is 0. The van der Waals surface area contributed by atoms with Crippen LogP contribution in [0.3, 0.4) is 0 Å². The van der Waals surface area contributed by atoms with Crippen LogP contribution >= 0.6 is 0 Å². The Hall–Kier alpha value is -0.530. The fraction of sp³-hybridized carbons (Fsp3) is 0.900. The highest BCUT2D eigenvalue weighted by atomic mass is 16.4. The minimum atomic E-state index is 0.173. The van der Waals surface area contributed by atoms with E-state index in [1.807, 2.05) is 0 Å². The molecule has 0 amide bonds. The van der Waals surface area contributed by atoms with Crippen LogP contribution in [0.4, 0.5) is 0 Å². The van der Waals surface area contributed by atoms with Crippen LogP contribution in [0.15, 0.2) is 5.16 Å². The van der Waals surface area contributed by atoms with Crippen LogP contribution in [0.5, 0.6) is 0 Å². The van der Waals surface area contributed by atoms with Gasteiger partial charge in [-0.1, -0.05) is 25.9 Å². The summed E-state index contributed by atoms with van der Waals surface area (Å²) in [7, 11) is 0. The van der Waals surface area contributed by atoms with E-state index in [-0.39, 0.29) is 5.41 Å². The molecule has 0 saturated heterocycles. The van der Waals surface area contributed by atoms with Gasteiger partial charge in [-0.15, -0.1) is 0 Å². The maximum absolute atomic E-state index is 8.87. The molecule has 2 nitrogen and oxygen atoms in total. The van der Waals surface area contributed by atoms with Crippen molar-refractivity contribution in [3.63, 3.8) is 0 Å². The molecule has 2 atom stereocenters. The van der Waals surface area contributed by atoms with Crippen molar-refractivity contribution in [1.29, 1.82) is 0 Å². The van der Waals surface area contributed by atoms with Gasteiger partial charge < -0.3 is 5.21 Å². The zero-order valence-corrected chi connectivity index (χ0v) is 8.09. The normalized spacial score (nSPS) is 47.2. The van der Waals surface area contributed by atoms with Crippen molar-refractivity contribution < 1.29 is 5.21 Å². The van der Waals surface area contributed by atoms with E-state index in [1.165, 1.54) is 12.8 Å². The number of hydrogen-bond acceptors (Lipinski definition) is 2. The monoisotopic (exact) mass is 167 g/mol. The van der Waals surface area contributed by atoms with Gasteiger partial charge in [-0.05, 0) is 30.6 Å². The van der Waals surface area contributed by atoms with Crippen LogP contribution in [0.25, 0.3) is 0 Å². The minimum Gasteiger partial charge on any atom is -0.411 e. The fourth-order valence-electron chi connectivity index (χ4n) is 3.08. The molecule has 2 rings (SSSR count). The second kappa shape index (κ2) is 2.04. The molecule has 1 N–H and O–H groups in total. The first-order valence-corrected chi connectivity index (χ1v) is 4.74. The summed E-state index contributed by atoms with van der Waals surface area (Å²) in [6.45, 7) is 6.86. The number of hydrogen-bond donors (Lipinski definition) is 1. The lowest BCUT2D eigenvalue weighted by molar-refractivity contribution is 0.190. The minimum absolute atomic E-state index is 0.173. The van der Waals surface area contributed by atoms with Crippen molar-refractivity contribution in [2.45, 2.75) is 40.0 Å². The van der Waals surface area contributed by atoms with Crippen molar-refractivity contribution in [3.8, 4) is 0 Å². The van der Waals surface area contributed by atoms with Crippen LogP contribution in [-0.4, -0.2) is 10.9 Å². The van der Waals surface area contributed by atoms with E-state index in [0.29, 0.717) is 5.41 Å². The summed E-state index contributed by atoms with van der Waals surface area (Å²) >= 11 is 0. The first-order chi connectivity index (χ1) is 5.52. The summed E-state index contributed by atoms with van der Waals surface area (Å²) in [6.07, 6.45) is 3.52. The zero-order chi connectivity index (χ0) is 8.98. The quantitative estimate of drug-likeness (QED) is 0.436. The Labute approximate surface area is 73.7 Å². The summed E-state index contributed by atoms with van der Waals surface area (Å²) in [4.78, 5) is 0. The van der Waals surface area contributed by atoms with Gasteiger partial charge in [0.2, 0.25) is 0 Å². The zero-order valence-electron chi connectivity index (χ0n) is 8.09. The van der Waals surface area contributed by atoms with E-state index in [4.69, 9.17) is 5.21 Å². The van der Waals surface area contributed by atoms with Gasteiger partial charge in [0.25, 0.3) is 0 Å². The van der Waals surface area contributed by atoms with Gasteiger partial charge in [0.05, 0.1) is 5.71 Å². The number of fused-ring (bicyclic) bond motifs is 2. The summed E-state index contributed by atoms with van der Waals surface area (Å²) in [5.41, 5.74) is 1.55. The van der Waals surface area contributed by atoms with E-state index in [1.54, 1.807) is 0 Å². The molecule has 68 valence electrons. The molecule has 2 heteroatoms. The van der Waals surface area contributed by atoms with Crippen molar-refractivity contribution in [1.82, 2.24) is 0 Å². The molecular formula is C10H17NO. The SMILES string of the molecule is CC12CCC(C/C1=N\O)C2(C)C. The topological polar surface area (TPSA) is 32.6 Å². The van der Waals surface area contributed by atoms with Gasteiger partial charge in [0.15, 0.2) is 0 Å². The highest BCUT2D eigenvalue weighted by molar-refractivity contribution is 5.93. The van der Waals surface area contributed by atoms with Crippen LogP contribution < -0.4 is 0 Å². The Morgan fingerprint density at radius 1 is 1.42 bits per heavy atom. The number of rotatable bonds is 0. The molecule has 2 unspecified atom stereocenters. The van der Waals surface area contributed by atoms with Crippen molar-refractivity contribution >= 4 is 5.71 Å². The predicted molar refractivity (Wildman–Crippen MR) is 48.5 cm³/mol. The third-order valence-electron chi connectivity index (χ3n) is 4.63. The van der Waals surface area contributed by atoms with Gasteiger partial charge in [-0.25, -0.2) is 0 Å². The fourth-order valence-corrected chi connectivity index (χ4v) is 3.08. The average molecular weight is 167 g/mol. The van der Waals surface area contributed by atoms with Crippen molar-refractivity contribution in [2.24, 2.45) is 21.9 Å². The lowest BCUT2D eigenvalue weighted by Crippen LogP contribution is -2.32. The maximum Gasteiger partial charge on any atom is 0.0638 e. The second-order valence-corrected chi connectivity index (χ2v) is 5.04. The number of nitrogens with zero attached hydrogens (tertiary/aromatic N) is 1. The number of oxime groups is 1. The van der Waals surface area contributed by atoms with Gasteiger partial charge >= 0.3 is 0 Å². The Morgan fingerprint density at radius 3 is 2.33 bits per heavy atom. The van der Waals surface area contributed by atoms with Gasteiger partial charge in [0.1, 0.15) is 0 Å². The Morgan fingerprint density at radius 2 is 2.08 bits per heavy atom. The third-order valence-corrected chi connectivity index (χ3v) is 4.63. The summed E-state index contributed by atoms with van der Waals surface area (Å²) in [6, 6.07) is 0. The van der Waals surface area contributed by atoms with Crippen molar-refractivity contribution in [3.05, 3.63) is 0 Å². The van der Waals surface area contributed by atoms with E-state index in [2.05, 4.69) is 25.9 Å². The molecule has 12 heavy (non-hydrogen) atoms. The average Bonchev–Trinajstić information content (AvgIpc) is 2.34. The molecular weight excluding hydrogens is 150 g/mol. The molecule has 0 radical (unpaired) electrons. The van der Waals surface area contributed by atoms with Crippen LogP contribution in [0, 0.1) is 16.7 Å². The van der Waals surface area contributed by atoms with E-state index < -0.39 is 0 Å². The van der Waals surface area contributed by atoms with Crippen LogP contribution in [0.1, 0.15) is 40.0 Å². The largest absolute Gasteiger partial charge is 0.411 e. The molecule has 0 heterocycles. The maximum atomic E-state index is 8.87. The smallest absolute Gasteiger partial charge is 0.0638 e.